The van der Waals surface area contributed by atoms with E-state index in [1.165, 1.54) is 12.1 Å². The molecule has 0 fully saturated rings. The van der Waals surface area contributed by atoms with Gasteiger partial charge in [0.05, 0.1) is 11.7 Å². The minimum atomic E-state index is -0.691. The van der Waals surface area contributed by atoms with Gasteiger partial charge in [-0.1, -0.05) is 23.8 Å². The zero-order valence-electron chi connectivity index (χ0n) is 14.4. The number of amides is 1. The Hall–Kier alpha value is -2.57. The smallest absolute Gasteiger partial charge is 0.252 e. The fourth-order valence-corrected chi connectivity index (χ4v) is 2.36. The summed E-state index contributed by atoms with van der Waals surface area (Å²) in [5, 5.41) is 22.6. The third kappa shape index (κ3) is 5.48. The normalized spacial score (nSPS) is 13.2. The van der Waals surface area contributed by atoms with Crippen LogP contribution in [0, 0.1) is 6.92 Å². The molecule has 2 aromatic carbocycles. The van der Waals surface area contributed by atoms with E-state index >= 15 is 0 Å². The van der Waals surface area contributed by atoms with E-state index in [1.54, 1.807) is 24.3 Å². The maximum absolute atomic E-state index is 11.5. The fraction of sp³-hybridized carbons (Fsp3) is 0.316. The van der Waals surface area contributed by atoms with E-state index in [2.05, 4.69) is 5.32 Å². The van der Waals surface area contributed by atoms with E-state index in [9.17, 15) is 15.0 Å². The summed E-state index contributed by atoms with van der Waals surface area (Å²) in [6, 6.07) is 11.7. The third-order valence-corrected chi connectivity index (χ3v) is 3.83. The van der Waals surface area contributed by atoms with Crippen molar-refractivity contribution >= 4 is 5.91 Å². The zero-order valence-corrected chi connectivity index (χ0v) is 14.4. The van der Waals surface area contributed by atoms with Crippen molar-refractivity contribution in [3.8, 4) is 11.5 Å². The van der Waals surface area contributed by atoms with Crippen LogP contribution in [0.1, 0.15) is 34.5 Å². The Morgan fingerprint density at radius 1 is 1.24 bits per heavy atom. The van der Waals surface area contributed by atoms with Gasteiger partial charge in [0.2, 0.25) is 0 Å². The number of aliphatic hydroxyl groups excluding tert-OH is 1. The molecule has 0 aliphatic rings. The van der Waals surface area contributed by atoms with Crippen molar-refractivity contribution in [2.24, 2.45) is 5.73 Å². The van der Waals surface area contributed by atoms with E-state index in [4.69, 9.17) is 10.5 Å². The number of ether oxygens (including phenoxy) is 1. The number of phenols is 1. The molecule has 5 N–H and O–H groups in total. The number of aryl methyl sites for hydroxylation is 1. The van der Waals surface area contributed by atoms with Gasteiger partial charge in [-0.25, -0.2) is 0 Å². The second-order valence-corrected chi connectivity index (χ2v) is 6.09. The second-order valence-electron chi connectivity index (χ2n) is 6.09. The zero-order chi connectivity index (χ0) is 18.4. The number of aliphatic hydroxyl groups is 1. The Kier molecular flexibility index (Phi) is 6.38. The molecule has 0 aliphatic heterocycles. The number of nitrogens with two attached hydrogens (primary N) is 1. The third-order valence-electron chi connectivity index (χ3n) is 3.83. The number of carbonyl (C=O) groups excluding carboxylic acids is 1. The Morgan fingerprint density at radius 3 is 2.56 bits per heavy atom. The molecule has 6 heteroatoms. The van der Waals surface area contributed by atoms with E-state index in [0.717, 1.165) is 5.56 Å². The summed E-state index contributed by atoms with van der Waals surface area (Å²) in [7, 11) is 0. The average molecular weight is 344 g/mol. The number of primary amides is 1. The van der Waals surface area contributed by atoms with E-state index in [1.807, 2.05) is 19.9 Å². The molecule has 0 aliphatic carbocycles. The van der Waals surface area contributed by atoms with Crippen LogP contribution in [0.4, 0.5) is 0 Å². The van der Waals surface area contributed by atoms with Crippen molar-refractivity contribution in [2.45, 2.75) is 26.0 Å². The molecule has 134 valence electrons. The predicted molar refractivity (Wildman–Crippen MR) is 95.7 cm³/mol. The van der Waals surface area contributed by atoms with Crippen LogP contribution in [-0.2, 0) is 0 Å². The van der Waals surface area contributed by atoms with Gasteiger partial charge in [-0.15, -0.1) is 0 Å². The standard InChI is InChI=1S/C19H24N2O4/c1-12-3-8-18(16(9-12)19(20)24)25-11-13(2)21-10-17(23)14-4-6-15(22)7-5-14/h3-9,13,17,21-23H,10-11H2,1-2H3,(H2,20,24). The first-order chi connectivity index (χ1) is 11.9. The van der Waals surface area contributed by atoms with E-state index in [0.29, 0.717) is 30.0 Å². The lowest BCUT2D eigenvalue weighted by molar-refractivity contribution is 0.0995. The van der Waals surface area contributed by atoms with Gasteiger partial charge in [-0.2, -0.15) is 0 Å². The molecule has 6 nitrogen and oxygen atoms in total. The minimum absolute atomic E-state index is 0.0474. The number of carbonyl (C=O) groups is 1. The molecule has 0 bridgehead atoms. The van der Waals surface area contributed by atoms with Crippen molar-refractivity contribution in [1.82, 2.24) is 5.32 Å². The van der Waals surface area contributed by atoms with Gasteiger partial charge >= 0.3 is 0 Å². The van der Waals surface area contributed by atoms with Gasteiger partial charge in [0, 0.05) is 12.6 Å². The Labute approximate surface area is 147 Å². The van der Waals surface area contributed by atoms with Crippen LogP contribution in [0.3, 0.4) is 0 Å². The minimum Gasteiger partial charge on any atom is -0.508 e. The lowest BCUT2D eigenvalue weighted by atomic mass is 10.1. The van der Waals surface area contributed by atoms with Gasteiger partial charge in [0.25, 0.3) is 5.91 Å². The van der Waals surface area contributed by atoms with Crippen LogP contribution in [0.15, 0.2) is 42.5 Å². The Morgan fingerprint density at radius 2 is 1.92 bits per heavy atom. The van der Waals surface area contributed by atoms with Crippen molar-refractivity contribution < 1.29 is 19.7 Å². The van der Waals surface area contributed by atoms with Crippen molar-refractivity contribution in [2.75, 3.05) is 13.2 Å². The van der Waals surface area contributed by atoms with Crippen LogP contribution in [-0.4, -0.2) is 35.3 Å². The number of nitrogens with one attached hydrogen (secondary N) is 1. The summed E-state index contributed by atoms with van der Waals surface area (Å²) in [6.45, 7) is 4.46. The van der Waals surface area contributed by atoms with Crippen molar-refractivity contribution in [3.05, 3.63) is 59.2 Å². The molecule has 0 aromatic heterocycles. The van der Waals surface area contributed by atoms with Gasteiger partial charge in [0.1, 0.15) is 18.1 Å². The first kappa shape index (κ1) is 18.8. The lowest BCUT2D eigenvalue weighted by Gasteiger charge is -2.19. The number of hydrogen-bond acceptors (Lipinski definition) is 5. The SMILES string of the molecule is Cc1ccc(OCC(C)NCC(O)c2ccc(O)cc2)c(C(N)=O)c1. The highest BCUT2D eigenvalue weighted by atomic mass is 16.5. The number of rotatable bonds is 8. The number of phenolic OH excluding ortho intramolecular Hbond substituents is 1. The summed E-state index contributed by atoms with van der Waals surface area (Å²) >= 11 is 0. The summed E-state index contributed by atoms with van der Waals surface area (Å²) in [4.78, 5) is 11.5. The second kappa shape index (κ2) is 8.50. The quantitative estimate of drug-likeness (QED) is 0.585. The molecule has 0 radical (unpaired) electrons. The van der Waals surface area contributed by atoms with Crippen LogP contribution in [0.25, 0.3) is 0 Å². The molecule has 0 saturated heterocycles. The summed E-state index contributed by atoms with van der Waals surface area (Å²) in [5.74, 6) is 0.0851. The molecule has 2 rings (SSSR count). The van der Waals surface area contributed by atoms with Crippen molar-refractivity contribution in [1.29, 1.82) is 0 Å². The molecule has 1 amide bonds. The molecule has 2 atom stereocenters. The number of hydrogen-bond donors (Lipinski definition) is 4. The Balaban J connectivity index is 1.85. The molecule has 2 aromatic rings. The maximum atomic E-state index is 11.5. The van der Waals surface area contributed by atoms with Gasteiger partial charge in [-0.3, -0.25) is 4.79 Å². The predicted octanol–water partition coefficient (Wildman–Crippen LogP) is 1.89. The molecule has 0 saturated carbocycles. The highest BCUT2D eigenvalue weighted by molar-refractivity contribution is 5.95. The van der Waals surface area contributed by atoms with Gasteiger partial charge in [0.15, 0.2) is 0 Å². The summed E-state index contributed by atoms with van der Waals surface area (Å²) in [6.07, 6.45) is -0.691. The van der Waals surface area contributed by atoms with Crippen LogP contribution >= 0.6 is 0 Å². The number of aromatic hydroxyl groups is 1. The van der Waals surface area contributed by atoms with E-state index in [-0.39, 0.29) is 11.8 Å². The van der Waals surface area contributed by atoms with Gasteiger partial charge < -0.3 is 26.0 Å². The largest absolute Gasteiger partial charge is 0.508 e. The van der Waals surface area contributed by atoms with Gasteiger partial charge in [-0.05, 0) is 43.7 Å². The first-order valence-corrected chi connectivity index (χ1v) is 8.10. The molecule has 25 heavy (non-hydrogen) atoms. The van der Waals surface area contributed by atoms with Crippen LogP contribution < -0.4 is 15.8 Å². The Bertz CT molecular complexity index is 716. The van der Waals surface area contributed by atoms with Crippen LogP contribution in [0.5, 0.6) is 11.5 Å². The number of benzene rings is 2. The molecule has 0 spiro atoms. The lowest BCUT2D eigenvalue weighted by Crippen LogP contribution is -2.35. The molecule has 0 heterocycles. The van der Waals surface area contributed by atoms with Crippen molar-refractivity contribution in [3.63, 3.8) is 0 Å². The highest BCUT2D eigenvalue weighted by Crippen LogP contribution is 2.20. The summed E-state index contributed by atoms with van der Waals surface area (Å²) < 4.78 is 5.69. The fourth-order valence-electron chi connectivity index (χ4n) is 2.36. The average Bonchev–Trinajstić information content (AvgIpc) is 2.59. The van der Waals surface area contributed by atoms with E-state index < -0.39 is 12.0 Å². The monoisotopic (exact) mass is 344 g/mol. The topological polar surface area (TPSA) is 105 Å². The highest BCUT2D eigenvalue weighted by Gasteiger charge is 2.13. The maximum Gasteiger partial charge on any atom is 0.252 e. The molecular weight excluding hydrogens is 320 g/mol. The summed E-state index contributed by atoms with van der Waals surface area (Å²) in [5.41, 5.74) is 7.39. The first-order valence-electron chi connectivity index (χ1n) is 8.10. The molecule has 2 unspecified atom stereocenters. The van der Waals surface area contributed by atoms with Crippen LogP contribution in [0.2, 0.25) is 0 Å². The molecular formula is C19H24N2O4.